The first-order valence-corrected chi connectivity index (χ1v) is 7.83. The summed E-state index contributed by atoms with van der Waals surface area (Å²) in [6.45, 7) is 0.555. The SMILES string of the molecule is COC(=O)c1cc(CNC(=O)CN(C)c2ccccc2)ccc1OC. The Bertz CT molecular complexity index is 731. The van der Waals surface area contributed by atoms with E-state index < -0.39 is 5.97 Å². The summed E-state index contributed by atoms with van der Waals surface area (Å²) >= 11 is 0. The van der Waals surface area contributed by atoms with E-state index in [4.69, 9.17) is 9.47 Å². The third kappa shape index (κ3) is 4.97. The number of carbonyl (C=O) groups is 2. The fraction of sp³-hybridized carbons (Fsp3) is 0.263. The number of para-hydroxylation sites is 1. The van der Waals surface area contributed by atoms with E-state index in [9.17, 15) is 9.59 Å². The van der Waals surface area contributed by atoms with Crippen LogP contribution in [-0.4, -0.2) is 39.7 Å². The Hall–Kier alpha value is -3.02. The van der Waals surface area contributed by atoms with Crippen LogP contribution in [0.5, 0.6) is 5.75 Å². The number of esters is 1. The van der Waals surface area contributed by atoms with Gasteiger partial charge in [0.25, 0.3) is 0 Å². The first-order valence-electron chi connectivity index (χ1n) is 7.83. The van der Waals surface area contributed by atoms with Crippen LogP contribution in [0.4, 0.5) is 5.69 Å². The monoisotopic (exact) mass is 342 g/mol. The van der Waals surface area contributed by atoms with Crippen molar-refractivity contribution >= 4 is 17.6 Å². The van der Waals surface area contributed by atoms with Gasteiger partial charge in [0.15, 0.2) is 0 Å². The van der Waals surface area contributed by atoms with Gasteiger partial charge in [-0.2, -0.15) is 0 Å². The van der Waals surface area contributed by atoms with Crippen LogP contribution in [0.15, 0.2) is 48.5 Å². The van der Waals surface area contributed by atoms with E-state index >= 15 is 0 Å². The van der Waals surface area contributed by atoms with Gasteiger partial charge < -0.3 is 19.7 Å². The van der Waals surface area contributed by atoms with Crippen molar-refractivity contribution in [2.24, 2.45) is 0 Å². The molecule has 1 amide bonds. The first-order chi connectivity index (χ1) is 12.0. The molecule has 0 unspecified atom stereocenters. The Morgan fingerprint density at radius 3 is 2.44 bits per heavy atom. The van der Waals surface area contributed by atoms with E-state index in [1.807, 2.05) is 42.3 Å². The summed E-state index contributed by atoms with van der Waals surface area (Å²) in [7, 11) is 4.66. The normalized spacial score (nSPS) is 10.0. The number of amides is 1. The summed E-state index contributed by atoms with van der Waals surface area (Å²) in [5.41, 5.74) is 2.09. The van der Waals surface area contributed by atoms with Crippen LogP contribution in [0.1, 0.15) is 15.9 Å². The molecule has 2 rings (SSSR count). The van der Waals surface area contributed by atoms with E-state index in [1.165, 1.54) is 14.2 Å². The lowest BCUT2D eigenvalue weighted by Gasteiger charge is -2.18. The Kier molecular flexibility index (Phi) is 6.39. The second kappa shape index (κ2) is 8.73. The fourth-order valence-corrected chi connectivity index (χ4v) is 2.38. The second-order valence-corrected chi connectivity index (χ2v) is 5.49. The van der Waals surface area contributed by atoms with Crippen LogP contribution in [-0.2, 0) is 16.1 Å². The molecule has 6 nitrogen and oxygen atoms in total. The van der Waals surface area contributed by atoms with Gasteiger partial charge in [0.2, 0.25) is 5.91 Å². The summed E-state index contributed by atoms with van der Waals surface area (Å²) in [6.07, 6.45) is 0. The predicted molar refractivity (Wildman–Crippen MR) is 95.9 cm³/mol. The van der Waals surface area contributed by atoms with E-state index in [1.54, 1.807) is 18.2 Å². The molecule has 2 aromatic carbocycles. The van der Waals surface area contributed by atoms with Gasteiger partial charge in [-0.05, 0) is 29.8 Å². The number of likely N-dealkylation sites (N-methyl/N-ethyl adjacent to an activating group) is 1. The van der Waals surface area contributed by atoms with Gasteiger partial charge in [-0.15, -0.1) is 0 Å². The molecular weight excluding hydrogens is 320 g/mol. The standard InChI is InChI=1S/C19H22N2O4/c1-21(15-7-5-4-6-8-15)13-18(22)20-12-14-9-10-17(24-2)16(11-14)19(23)25-3/h4-11H,12-13H2,1-3H3,(H,20,22). The van der Waals surface area contributed by atoms with Crippen molar-refractivity contribution in [2.45, 2.75) is 6.54 Å². The summed E-state index contributed by atoms with van der Waals surface area (Å²) in [5, 5.41) is 2.85. The minimum Gasteiger partial charge on any atom is -0.496 e. The molecule has 0 radical (unpaired) electrons. The van der Waals surface area contributed by atoms with Gasteiger partial charge in [-0.3, -0.25) is 4.79 Å². The Morgan fingerprint density at radius 2 is 1.80 bits per heavy atom. The summed E-state index contributed by atoms with van der Waals surface area (Å²) in [5.74, 6) is -0.152. The third-order valence-corrected chi connectivity index (χ3v) is 3.74. The molecule has 25 heavy (non-hydrogen) atoms. The number of ether oxygens (including phenoxy) is 2. The second-order valence-electron chi connectivity index (χ2n) is 5.49. The molecule has 0 aromatic heterocycles. The molecule has 0 bridgehead atoms. The van der Waals surface area contributed by atoms with Crippen LogP contribution < -0.4 is 15.0 Å². The number of carbonyl (C=O) groups excluding carboxylic acids is 2. The minimum absolute atomic E-state index is 0.109. The van der Waals surface area contributed by atoms with Crippen LogP contribution in [0.2, 0.25) is 0 Å². The Labute approximate surface area is 147 Å². The Morgan fingerprint density at radius 1 is 1.08 bits per heavy atom. The van der Waals surface area contributed by atoms with Crippen LogP contribution in [0.25, 0.3) is 0 Å². The van der Waals surface area contributed by atoms with Gasteiger partial charge in [-0.25, -0.2) is 4.79 Å². The molecule has 1 N–H and O–H groups in total. The summed E-state index contributed by atoms with van der Waals surface area (Å²) in [6, 6.07) is 14.8. The lowest BCUT2D eigenvalue weighted by molar-refractivity contribution is -0.119. The van der Waals surface area contributed by atoms with Crippen molar-refractivity contribution in [3.05, 3.63) is 59.7 Å². The molecule has 132 valence electrons. The quantitative estimate of drug-likeness (QED) is 0.782. The lowest BCUT2D eigenvalue weighted by atomic mass is 10.1. The number of nitrogens with zero attached hydrogens (tertiary/aromatic N) is 1. The van der Waals surface area contributed by atoms with Crippen LogP contribution >= 0.6 is 0 Å². The smallest absolute Gasteiger partial charge is 0.341 e. The third-order valence-electron chi connectivity index (χ3n) is 3.74. The van der Waals surface area contributed by atoms with Crippen molar-refractivity contribution in [1.82, 2.24) is 5.32 Å². The molecule has 0 saturated carbocycles. The van der Waals surface area contributed by atoms with Crippen molar-refractivity contribution in [3.63, 3.8) is 0 Å². The Balaban J connectivity index is 1.96. The van der Waals surface area contributed by atoms with E-state index in [0.29, 0.717) is 17.9 Å². The topological polar surface area (TPSA) is 67.9 Å². The number of rotatable bonds is 7. The molecule has 0 aliphatic carbocycles. The number of methoxy groups -OCH3 is 2. The van der Waals surface area contributed by atoms with E-state index in [0.717, 1.165) is 11.3 Å². The lowest BCUT2D eigenvalue weighted by Crippen LogP contribution is -2.34. The number of hydrogen-bond donors (Lipinski definition) is 1. The maximum atomic E-state index is 12.1. The van der Waals surface area contributed by atoms with Gasteiger partial charge in [0.05, 0.1) is 20.8 Å². The average molecular weight is 342 g/mol. The van der Waals surface area contributed by atoms with Crippen LogP contribution in [0.3, 0.4) is 0 Å². The van der Waals surface area contributed by atoms with E-state index in [-0.39, 0.29) is 12.5 Å². The largest absolute Gasteiger partial charge is 0.496 e. The molecule has 2 aromatic rings. The predicted octanol–water partition coefficient (Wildman–Crippen LogP) is 2.23. The van der Waals surface area contributed by atoms with Gasteiger partial charge in [0, 0.05) is 19.3 Å². The van der Waals surface area contributed by atoms with Crippen LogP contribution in [0, 0.1) is 0 Å². The number of benzene rings is 2. The number of hydrogen-bond acceptors (Lipinski definition) is 5. The van der Waals surface area contributed by atoms with Crippen molar-refractivity contribution in [1.29, 1.82) is 0 Å². The zero-order valence-electron chi connectivity index (χ0n) is 14.6. The molecule has 0 saturated heterocycles. The molecule has 0 heterocycles. The van der Waals surface area contributed by atoms with Gasteiger partial charge in [-0.1, -0.05) is 24.3 Å². The van der Waals surface area contributed by atoms with E-state index in [2.05, 4.69) is 5.32 Å². The highest BCUT2D eigenvalue weighted by molar-refractivity contribution is 5.92. The summed E-state index contributed by atoms with van der Waals surface area (Å²) in [4.78, 5) is 25.8. The van der Waals surface area contributed by atoms with Gasteiger partial charge in [0.1, 0.15) is 11.3 Å². The zero-order valence-corrected chi connectivity index (χ0v) is 14.6. The van der Waals surface area contributed by atoms with Crippen molar-refractivity contribution in [3.8, 4) is 5.75 Å². The average Bonchev–Trinajstić information content (AvgIpc) is 2.66. The molecule has 0 spiro atoms. The minimum atomic E-state index is -0.478. The molecule has 6 heteroatoms. The molecular formula is C19H22N2O4. The van der Waals surface area contributed by atoms with Crippen molar-refractivity contribution < 1.29 is 19.1 Å². The summed E-state index contributed by atoms with van der Waals surface area (Å²) < 4.78 is 9.90. The highest BCUT2D eigenvalue weighted by atomic mass is 16.5. The van der Waals surface area contributed by atoms with Crippen molar-refractivity contribution in [2.75, 3.05) is 32.7 Å². The van der Waals surface area contributed by atoms with Gasteiger partial charge >= 0.3 is 5.97 Å². The molecule has 0 fully saturated rings. The first kappa shape index (κ1) is 18.3. The molecule has 0 aliphatic heterocycles. The number of anilines is 1. The maximum Gasteiger partial charge on any atom is 0.341 e. The zero-order chi connectivity index (χ0) is 18.2. The molecule has 0 atom stereocenters. The maximum absolute atomic E-state index is 12.1. The number of nitrogens with one attached hydrogen (secondary N) is 1. The fourth-order valence-electron chi connectivity index (χ4n) is 2.38. The highest BCUT2D eigenvalue weighted by Crippen LogP contribution is 2.20. The highest BCUT2D eigenvalue weighted by Gasteiger charge is 2.14. The molecule has 0 aliphatic rings.